The van der Waals surface area contributed by atoms with E-state index in [-0.39, 0.29) is 11.5 Å². The quantitative estimate of drug-likeness (QED) is 0.709. The van der Waals surface area contributed by atoms with E-state index >= 15 is 0 Å². The van der Waals surface area contributed by atoms with Gasteiger partial charge >= 0.3 is 0 Å². The van der Waals surface area contributed by atoms with Crippen molar-refractivity contribution in [1.82, 2.24) is 10.3 Å². The van der Waals surface area contributed by atoms with Crippen LogP contribution in [0, 0.1) is 0 Å². The zero-order chi connectivity index (χ0) is 13.2. The lowest BCUT2D eigenvalue weighted by Gasteiger charge is -2.04. The molecular formula is C13H20N2O2S. The van der Waals surface area contributed by atoms with Crippen LogP contribution in [-0.4, -0.2) is 29.4 Å². The number of hydrogen-bond acceptors (Lipinski definition) is 3. The molecule has 0 spiro atoms. The molecule has 1 aromatic rings. The van der Waals surface area contributed by atoms with Crippen LogP contribution in [0.2, 0.25) is 0 Å². The van der Waals surface area contributed by atoms with Gasteiger partial charge in [-0.1, -0.05) is 18.9 Å². The average molecular weight is 268 g/mol. The fourth-order valence-electron chi connectivity index (χ4n) is 1.60. The number of rotatable bonds is 8. The second kappa shape index (κ2) is 8.80. The maximum Gasteiger partial charge on any atom is 0.267 e. The summed E-state index contributed by atoms with van der Waals surface area (Å²) in [6.07, 6.45) is 6.67. The van der Waals surface area contributed by atoms with Crippen LogP contribution in [-0.2, 0) is 0 Å². The molecule has 1 aromatic heterocycles. The van der Waals surface area contributed by atoms with Crippen LogP contribution in [0.3, 0.4) is 0 Å². The van der Waals surface area contributed by atoms with Gasteiger partial charge in [0.1, 0.15) is 5.69 Å². The summed E-state index contributed by atoms with van der Waals surface area (Å²) in [5, 5.41) is 2.80. The minimum atomic E-state index is -0.250. The molecule has 0 atom stereocenters. The summed E-state index contributed by atoms with van der Waals surface area (Å²) in [4.78, 5) is 25.2. The maximum atomic E-state index is 11.6. The Bertz CT molecular complexity index is 417. The van der Waals surface area contributed by atoms with Crippen LogP contribution >= 0.6 is 11.8 Å². The number of amides is 1. The highest BCUT2D eigenvalue weighted by Gasteiger charge is 2.04. The van der Waals surface area contributed by atoms with E-state index < -0.39 is 0 Å². The van der Waals surface area contributed by atoms with Gasteiger partial charge in [-0.05, 0) is 30.9 Å². The summed E-state index contributed by atoms with van der Waals surface area (Å²) < 4.78 is 0. The first kappa shape index (κ1) is 14.8. The molecule has 100 valence electrons. The molecule has 0 fully saturated rings. The zero-order valence-corrected chi connectivity index (χ0v) is 11.5. The average Bonchev–Trinajstić information content (AvgIpc) is 2.37. The molecule has 18 heavy (non-hydrogen) atoms. The minimum Gasteiger partial charge on any atom is -0.351 e. The van der Waals surface area contributed by atoms with Gasteiger partial charge in [-0.2, -0.15) is 11.8 Å². The summed E-state index contributed by atoms with van der Waals surface area (Å²) >= 11 is 1.87. The number of pyridine rings is 1. The lowest BCUT2D eigenvalue weighted by atomic mass is 10.2. The van der Waals surface area contributed by atoms with Crippen molar-refractivity contribution in [2.75, 3.05) is 18.6 Å². The largest absolute Gasteiger partial charge is 0.351 e. The van der Waals surface area contributed by atoms with Crippen LogP contribution in [0.5, 0.6) is 0 Å². The molecule has 0 aliphatic rings. The Hall–Kier alpha value is -1.23. The van der Waals surface area contributed by atoms with Crippen molar-refractivity contribution in [2.45, 2.75) is 25.7 Å². The van der Waals surface area contributed by atoms with Crippen LogP contribution < -0.4 is 10.9 Å². The predicted octanol–water partition coefficient (Wildman–Crippen LogP) is 2.03. The molecule has 2 N–H and O–H groups in total. The summed E-state index contributed by atoms with van der Waals surface area (Å²) in [6, 6.07) is 4.58. The number of unbranched alkanes of at least 4 members (excludes halogenated alkanes) is 3. The Kier molecular flexibility index (Phi) is 7.25. The molecule has 0 saturated carbocycles. The molecule has 0 radical (unpaired) electrons. The Morgan fingerprint density at radius 2 is 2.06 bits per heavy atom. The molecule has 1 rings (SSSR count). The van der Waals surface area contributed by atoms with Gasteiger partial charge in [0, 0.05) is 12.6 Å². The lowest BCUT2D eigenvalue weighted by Crippen LogP contribution is -2.27. The smallest absolute Gasteiger partial charge is 0.267 e. The van der Waals surface area contributed by atoms with Crippen molar-refractivity contribution in [3.63, 3.8) is 0 Å². The Morgan fingerprint density at radius 3 is 2.78 bits per heavy atom. The number of carbonyl (C=O) groups is 1. The van der Waals surface area contributed by atoms with E-state index in [0.29, 0.717) is 12.2 Å². The van der Waals surface area contributed by atoms with Crippen LogP contribution in [0.25, 0.3) is 0 Å². The highest BCUT2D eigenvalue weighted by Crippen LogP contribution is 2.03. The molecule has 4 nitrogen and oxygen atoms in total. The van der Waals surface area contributed by atoms with Gasteiger partial charge in [-0.15, -0.1) is 0 Å². The van der Waals surface area contributed by atoms with Crippen molar-refractivity contribution >= 4 is 17.7 Å². The second-order valence-corrected chi connectivity index (χ2v) is 5.08. The fourth-order valence-corrected chi connectivity index (χ4v) is 2.10. The first-order valence-electron chi connectivity index (χ1n) is 6.20. The maximum absolute atomic E-state index is 11.6. The topological polar surface area (TPSA) is 62.0 Å². The number of aromatic nitrogens is 1. The van der Waals surface area contributed by atoms with Crippen LogP contribution in [0.15, 0.2) is 23.0 Å². The molecule has 1 amide bonds. The summed E-state index contributed by atoms with van der Waals surface area (Å²) in [7, 11) is 0. The van der Waals surface area contributed by atoms with E-state index in [0.717, 1.165) is 12.8 Å². The number of nitrogens with one attached hydrogen (secondary N) is 2. The van der Waals surface area contributed by atoms with Gasteiger partial charge in [0.2, 0.25) is 5.56 Å². The van der Waals surface area contributed by atoms with E-state index in [1.165, 1.54) is 24.7 Å². The fraction of sp³-hybridized carbons (Fsp3) is 0.538. The Labute approximate surface area is 112 Å². The molecule has 0 saturated heterocycles. The third-order valence-electron chi connectivity index (χ3n) is 2.57. The van der Waals surface area contributed by atoms with Crippen molar-refractivity contribution < 1.29 is 4.79 Å². The second-order valence-electron chi connectivity index (χ2n) is 4.09. The van der Waals surface area contributed by atoms with E-state index in [4.69, 9.17) is 0 Å². The SMILES string of the molecule is CSCCCCCCNC(=O)c1cccc(=O)[nH]1. The van der Waals surface area contributed by atoms with Gasteiger partial charge in [0.15, 0.2) is 0 Å². The highest BCUT2D eigenvalue weighted by atomic mass is 32.2. The van der Waals surface area contributed by atoms with E-state index in [1.807, 2.05) is 11.8 Å². The minimum absolute atomic E-state index is 0.211. The van der Waals surface area contributed by atoms with E-state index in [2.05, 4.69) is 16.6 Å². The molecular weight excluding hydrogens is 248 g/mol. The molecule has 0 aromatic carbocycles. The van der Waals surface area contributed by atoms with Gasteiger partial charge in [-0.25, -0.2) is 0 Å². The molecule has 0 aliphatic heterocycles. The number of H-pyrrole nitrogens is 1. The van der Waals surface area contributed by atoms with Crippen LogP contribution in [0.1, 0.15) is 36.2 Å². The summed E-state index contributed by atoms with van der Waals surface area (Å²) in [6.45, 7) is 0.662. The summed E-state index contributed by atoms with van der Waals surface area (Å²) in [5.74, 6) is 0.995. The zero-order valence-electron chi connectivity index (χ0n) is 10.7. The first-order valence-corrected chi connectivity index (χ1v) is 7.60. The van der Waals surface area contributed by atoms with E-state index in [9.17, 15) is 9.59 Å². The normalized spacial score (nSPS) is 10.3. The molecule has 1 heterocycles. The Morgan fingerprint density at radius 1 is 1.28 bits per heavy atom. The monoisotopic (exact) mass is 268 g/mol. The van der Waals surface area contributed by atoms with Crippen molar-refractivity contribution in [3.8, 4) is 0 Å². The first-order chi connectivity index (χ1) is 8.74. The van der Waals surface area contributed by atoms with E-state index in [1.54, 1.807) is 12.1 Å². The van der Waals surface area contributed by atoms with Gasteiger partial charge < -0.3 is 10.3 Å². The van der Waals surface area contributed by atoms with Crippen LogP contribution in [0.4, 0.5) is 0 Å². The van der Waals surface area contributed by atoms with Crippen molar-refractivity contribution in [3.05, 3.63) is 34.2 Å². The third kappa shape index (κ3) is 5.91. The molecule has 0 aliphatic carbocycles. The lowest BCUT2D eigenvalue weighted by molar-refractivity contribution is 0.0947. The third-order valence-corrected chi connectivity index (χ3v) is 3.27. The number of aromatic amines is 1. The van der Waals surface area contributed by atoms with Gasteiger partial charge in [0.05, 0.1) is 0 Å². The number of hydrogen-bond donors (Lipinski definition) is 2. The molecule has 5 heteroatoms. The van der Waals surface area contributed by atoms with Crippen molar-refractivity contribution in [1.29, 1.82) is 0 Å². The summed E-state index contributed by atoms with van der Waals surface area (Å²) in [5.41, 5.74) is 0.0737. The Balaban J connectivity index is 2.16. The standard InChI is InChI=1S/C13H20N2O2S/c1-18-10-5-3-2-4-9-14-13(17)11-7-6-8-12(16)15-11/h6-8H,2-5,9-10H2,1H3,(H,14,17)(H,15,16). The number of thioether (sulfide) groups is 1. The molecule has 0 unspecified atom stereocenters. The number of carbonyl (C=O) groups excluding carboxylic acids is 1. The van der Waals surface area contributed by atoms with Crippen molar-refractivity contribution in [2.24, 2.45) is 0 Å². The van der Waals surface area contributed by atoms with Gasteiger partial charge in [0.25, 0.3) is 5.91 Å². The predicted molar refractivity (Wildman–Crippen MR) is 76.2 cm³/mol. The highest BCUT2D eigenvalue weighted by molar-refractivity contribution is 7.98. The molecule has 0 bridgehead atoms. The van der Waals surface area contributed by atoms with Gasteiger partial charge in [-0.3, -0.25) is 9.59 Å².